The van der Waals surface area contributed by atoms with Gasteiger partial charge in [-0.15, -0.1) is 0 Å². The Kier molecular flexibility index (Phi) is 4.57. The molecule has 0 fully saturated rings. The van der Waals surface area contributed by atoms with Gasteiger partial charge in [-0.3, -0.25) is 0 Å². The molecule has 0 radical (unpaired) electrons. The van der Waals surface area contributed by atoms with Crippen LogP contribution in [-0.4, -0.2) is 0 Å². The Balaban J connectivity index is 2.48. The highest BCUT2D eigenvalue weighted by Crippen LogP contribution is 2.35. The molecule has 0 heterocycles. The first-order chi connectivity index (χ1) is 8.50. The van der Waals surface area contributed by atoms with Crippen LogP contribution in [0.2, 0.25) is 15.1 Å². The lowest BCUT2D eigenvalue weighted by atomic mass is 9.99. The smallest absolute Gasteiger partial charge is 0.0643 e. The molecule has 2 rings (SSSR count). The van der Waals surface area contributed by atoms with Crippen molar-refractivity contribution in [2.75, 3.05) is 0 Å². The third kappa shape index (κ3) is 2.84. The van der Waals surface area contributed by atoms with Crippen LogP contribution in [0.25, 0.3) is 0 Å². The molecule has 0 aliphatic rings. The maximum Gasteiger partial charge on any atom is 0.0643 e. The first-order valence-electron chi connectivity index (χ1n) is 5.15. The Morgan fingerprint density at radius 3 is 2.33 bits per heavy atom. The fourth-order valence-corrected chi connectivity index (χ4v) is 2.90. The normalized spacial score (nSPS) is 12.5. The molecule has 0 aliphatic heterocycles. The predicted octanol–water partition coefficient (Wildman–Crippen LogP) is 5.46. The number of hydrogen-bond acceptors (Lipinski definition) is 1. The van der Waals surface area contributed by atoms with Gasteiger partial charge in [-0.2, -0.15) is 0 Å². The highest BCUT2D eigenvalue weighted by molar-refractivity contribution is 9.10. The van der Waals surface area contributed by atoms with Crippen molar-refractivity contribution in [3.63, 3.8) is 0 Å². The van der Waals surface area contributed by atoms with Crippen LogP contribution in [0, 0.1) is 0 Å². The zero-order valence-electron chi connectivity index (χ0n) is 9.13. The van der Waals surface area contributed by atoms with Gasteiger partial charge in [0.2, 0.25) is 0 Å². The van der Waals surface area contributed by atoms with Crippen LogP contribution in [-0.2, 0) is 0 Å². The molecule has 0 amide bonds. The zero-order valence-corrected chi connectivity index (χ0v) is 13.0. The Bertz CT molecular complexity index is 586. The summed E-state index contributed by atoms with van der Waals surface area (Å²) in [5, 5.41) is 1.54. The van der Waals surface area contributed by atoms with Gasteiger partial charge in [0, 0.05) is 9.50 Å². The van der Waals surface area contributed by atoms with Gasteiger partial charge in [0.1, 0.15) is 0 Å². The monoisotopic (exact) mass is 363 g/mol. The van der Waals surface area contributed by atoms with E-state index in [4.69, 9.17) is 40.5 Å². The molecule has 1 atom stereocenters. The molecule has 0 aliphatic carbocycles. The maximum atomic E-state index is 6.19. The van der Waals surface area contributed by atoms with Crippen molar-refractivity contribution >= 4 is 50.7 Å². The highest BCUT2D eigenvalue weighted by atomic mass is 79.9. The lowest BCUT2D eigenvalue weighted by Gasteiger charge is -2.16. The average Bonchev–Trinajstić information content (AvgIpc) is 2.32. The lowest BCUT2D eigenvalue weighted by molar-refractivity contribution is 0.872. The summed E-state index contributed by atoms with van der Waals surface area (Å²) in [4.78, 5) is 0. The van der Waals surface area contributed by atoms with E-state index in [0.29, 0.717) is 15.1 Å². The van der Waals surface area contributed by atoms with Crippen LogP contribution in [0.15, 0.2) is 40.9 Å². The minimum Gasteiger partial charge on any atom is -0.320 e. The number of nitrogens with two attached hydrogens (primary N) is 1. The van der Waals surface area contributed by atoms with Gasteiger partial charge in [-0.1, -0.05) is 68.9 Å². The van der Waals surface area contributed by atoms with Gasteiger partial charge in [-0.25, -0.2) is 0 Å². The second-order valence-electron chi connectivity index (χ2n) is 3.79. The second-order valence-corrected chi connectivity index (χ2v) is 5.89. The standard InChI is InChI=1S/C13H9BrCl3N/c14-7-4-5-8(11(16)6-7)13(18)9-2-1-3-10(15)12(9)17/h1-6,13H,18H2. The minimum atomic E-state index is -0.406. The predicted molar refractivity (Wildman–Crippen MR) is 81.6 cm³/mol. The van der Waals surface area contributed by atoms with E-state index in [9.17, 15) is 0 Å². The van der Waals surface area contributed by atoms with Gasteiger partial charge < -0.3 is 5.73 Å². The van der Waals surface area contributed by atoms with Gasteiger partial charge in [0.05, 0.1) is 16.1 Å². The lowest BCUT2D eigenvalue weighted by Crippen LogP contribution is -2.13. The summed E-state index contributed by atoms with van der Waals surface area (Å²) >= 11 is 21.7. The van der Waals surface area contributed by atoms with E-state index >= 15 is 0 Å². The van der Waals surface area contributed by atoms with Crippen LogP contribution in [0.5, 0.6) is 0 Å². The minimum absolute atomic E-state index is 0.406. The SMILES string of the molecule is NC(c1ccc(Br)cc1Cl)c1cccc(Cl)c1Cl. The van der Waals surface area contributed by atoms with Gasteiger partial charge in [0.15, 0.2) is 0 Å². The number of benzene rings is 2. The molecular formula is C13H9BrCl3N. The average molecular weight is 365 g/mol. The first kappa shape index (κ1) is 14.2. The summed E-state index contributed by atoms with van der Waals surface area (Å²) in [6.45, 7) is 0. The molecule has 5 heteroatoms. The Hall–Kier alpha value is -0.250. The van der Waals surface area contributed by atoms with Gasteiger partial charge in [0.25, 0.3) is 0 Å². The van der Waals surface area contributed by atoms with Crippen molar-refractivity contribution in [1.29, 1.82) is 0 Å². The second kappa shape index (κ2) is 5.81. The van der Waals surface area contributed by atoms with Crippen molar-refractivity contribution in [2.45, 2.75) is 6.04 Å². The van der Waals surface area contributed by atoms with Crippen molar-refractivity contribution in [1.82, 2.24) is 0 Å². The molecule has 94 valence electrons. The summed E-state index contributed by atoms with van der Waals surface area (Å²) in [5.74, 6) is 0. The van der Waals surface area contributed by atoms with Gasteiger partial charge >= 0.3 is 0 Å². The molecule has 0 bridgehead atoms. The molecule has 1 nitrogen and oxygen atoms in total. The molecule has 0 saturated carbocycles. The summed E-state index contributed by atoms with van der Waals surface area (Å²) in [7, 11) is 0. The van der Waals surface area contributed by atoms with Crippen molar-refractivity contribution in [3.05, 3.63) is 67.1 Å². The van der Waals surface area contributed by atoms with E-state index < -0.39 is 6.04 Å². The van der Waals surface area contributed by atoms with E-state index in [0.717, 1.165) is 15.6 Å². The first-order valence-corrected chi connectivity index (χ1v) is 7.08. The fraction of sp³-hybridized carbons (Fsp3) is 0.0769. The van der Waals surface area contributed by atoms with E-state index in [1.165, 1.54) is 0 Å². The summed E-state index contributed by atoms with van der Waals surface area (Å²) < 4.78 is 0.903. The molecule has 1 unspecified atom stereocenters. The molecule has 0 spiro atoms. The Labute approximate surface area is 129 Å². The van der Waals surface area contributed by atoms with Crippen molar-refractivity contribution in [3.8, 4) is 0 Å². The number of hydrogen-bond donors (Lipinski definition) is 1. The molecule has 0 saturated heterocycles. The van der Waals surface area contributed by atoms with Crippen LogP contribution >= 0.6 is 50.7 Å². The summed E-state index contributed by atoms with van der Waals surface area (Å²) in [6.07, 6.45) is 0. The quantitative estimate of drug-likeness (QED) is 0.752. The number of halogens is 4. The highest BCUT2D eigenvalue weighted by Gasteiger charge is 2.16. The zero-order chi connectivity index (χ0) is 13.3. The molecule has 0 aromatic heterocycles. The summed E-state index contributed by atoms with van der Waals surface area (Å²) in [5.41, 5.74) is 7.76. The summed E-state index contributed by atoms with van der Waals surface area (Å²) in [6, 6.07) is 10.5. The maximum absolute atomic E-state index is 6.19. The van der Waals surface area contributed by atoms with E-state index in [1.54, 1.807) is 12.1 Å². The van der Waals surface area contributed by atoms with E-state index in [1.807, 2.05) is 24.3 Å². The largest absolute Gasteiger partial charge is 0.320 e. The van der Waals surface area contributed by atoms with E-state index in [2.05, 4.69) is 15.9 Å². The Morgan fingerprint density at radius 2 is 1.67 bits per heavy atom. The third-order valence-electron chi connectivity index (χ3n) is 2.61. The van der Waals surface area contributed by atoms with Gasteiger partial charge in [-0.05, 0) is 29.3 Å². The molecule has 2 aromatic carbocycles. The van der Waals surface area contributed by atoms with Crippen LogP contribution < -0.4 is 5.73 Å². The van der Waals surface area contributed by atoms with Crippen LogP contribution in [0.4, 0.5) is 0 Å². The third-order valence-corrected chi connectivity index (χ3v) is 4.27. The number of rotatable bonds is 2. The molecule has 2 N–H and O–H groups in total. The van der Waals surface area contributed by atoms with Crippen LogP contribution in [0.3, 0.4) is 0 Å². The van der Waals surface area contributed by atoms with Crippen LogP contribution in [0.1, 0.15) is 17.2 Å². The van der Waals surface area contributed by atoms with Crippen molar-refractivity contribution in [2.24, 2.45) is 5.73 Å². The molecule has 2 aromatic rings. The van der Waals surface area contributed by atoms with E-state index in [-0.39, 0.29) is 0 Å². The van der Waals surface area contributed by atoms with Crippen molar-refractivity contribution < 1.29 is 0 Å². The fourth-order valence-electron chi connectivity index (χ4n) is 1.68. The topological polar surface area (TPSA) is 26.0 Å². The molecular weight excluding hydrogens is 356 g/mol. The molecule has 18 heavy (non-hydrogen) atoms. The Morgan fingerprint density at radius 1 is 0.944 bits per heavy atom.